The highest BCUT2D eigenvalue weighted by molar-refractivity contribution is 5.51. The fourth-order valence-corrected chi connectivity index (χ4v) is 4.23. The molecular weight excluding hydrogens is 461 g/mol. The molecule has 8 heteroatoms. The molecule has 1 atom stereocenters. The van der Waals surface area contributed by atoms with Crippen molar-refractivity contribution in [2.45, 2.75) is 69.8 Å². The van der Waals surface area contributed by atoms with Gasteiger partial charge in [0.1, 0.15) is 0 Å². The van der Waals surface area contributed by atoms with Crippen LogP contribution in [0.2, 0.25) is 0 Å². The second-order valence-corrected chi connectivity index (χ2v) is 8.72. The average molecular weight is 488 g/mol. The molecular formula is C26H27F7O. The number of halogens is 7. The molecule has 1 aliphatic rings. The van der Waals surface area contributed by atoms with E-state index in [4.69, 9.17) is 0 Å². The third-order valence-electron chi connectivity index (χ3n) is 6.11. The van der Waals surface area contributed by atoms with E-state index in [-0.39, 0.29) is 5.92 Å². The van der Waals surface area contributed by atoms with E-state index in [1.54, 1.807) is 6.08 Å². The first-order valence-electron chi connectivity index (χ1n) is 11.3. The summed E-state index contributed by atoms with van der Waals surface area (Å²) in [4.78, 5) is 0. The molecule has 0 N–H and O–H groups in total. The van der Waals surface area contributed by atoms with Gasteiger partial charge in [0.2, 0.25) is 0 Å². The molecule has 0 saturated heterocycles. The Bertz CT molecular complexity index is 958. The molecule has 3 rings (SSSR count). The molecule has 2 aromatic rings. The largest absolute Gasteiger partial charge is 0.439 e. The van der Waals surface area contributed by atoms with Gasteiger partial charge in [0.25, 0.3) is 6.17 Å². The van der Waals surface area contributed by atoms with Crippen molar-refractivity contribution in [3.8, 4) is 5.75 Å². The zero-order chi connectivity index (χ0) is 24.9. The quantitative estimate of drug-likeness (QED) is 0.338. The second-order valence-electron chi connectivity index (χ2n) is 8.72. The summed E-state index contributed by atoms with van der Waals surface area (Å²) in [5, 5.41) is 0. The Kier molecular flexibility index (Phi) is 8.31. The van der Waals surface area contributed by atoms with Gasteiger partial charge in [-0.2, -0.15) is 22.0 Å². The molecule has 1 unspecified atom stereocenters. The number of benzene rings is 2. The number of allylic oxidation sites excluding steroid dienone is 1. The summed E-state index contributed by atoms with van der Waals surface area (Å²) in [5.74, 6) is -1.68. The van der Waals surface area contributed by atoms with Gasteiger partial charge in [0.15, 0.2) is 11.6 Å². The molecule has 0 amide bonds. The molecule has 0 aliphatic heterocycles. The maximum absolute atomic E-state index is 14.1. The van der Waals surface area contributed by atoms with E-state index < -0.39 is 30.0 Å². The van der Waals surface area contributed by atoms with Gasteiger partial charge in [-0.3, -0.25) is 0 Å². The normalized spacial score (nSPS) is 20.5. The minimum absolute atomic E-state index is 0.276. The Hall–Kier alpha value is -2.51. The molecule has 2 aromatic carbocycles. The van der Waals surface area contributed by atoms with Crippen molar-refractivity contribution in [2.24, 2.45) is 5.92 Å². The van der Waals surface area contributed by atoms with E-state index in [2.05, 4.69) is 35.9 Å². The molecule has 0 aromatic heterocycles. The van der Waals surface area contributed by atoms with Crippen LogP contribution in [-0.2, 0) is 6.42 Å². The molecule has 186 valence electrons. The molecule has 0 spiro atoms. The van der Waals surface area contributed by atoms with Crippen LogP contribution in [0.15, 0.2) is 48.5 Å². The van der Waals surface area contributed by atoms with Crippen molar-refractivity contribution in [1.29, 1.82) is 0 Å². The predicted molar refractivity (Wildman–Crippen MR) is 117 cm³/mol. The fraction of sp³-hybridized carbons (Fsp3) is 0.462. The van der Waals surface area contributed by atoms with Gasteiger partial charge in [-0.1, -0.05) is 55.8 Å². The molecule has 1 fully saturated rings. The summed E-state index contributed by atoms with van der Waals surface area (Å²) >= 11 is 0. The summed E-state index contributed by atoms with van der Waals surface area (Å²) in [7, 11) is 0. The second kappa shape index (κ2) is 10.8. The van der Waals surface area contributed by atoms with E-state index in [1.807, 2.05) is 6.08 Å². The van der Waals surface area contributed by atoms with Gasteiger partial charge in [0.05, 0.1) is 0 Å². The average Bonchev–Trinajstić information content (AvgIpc) is 2.79. The van der Waals surface area contributed by atoms with Crippen LogP contribution in [0, 0.1) is 11.7 Å². The van der Waals surface area contributed by atoms with Crippen LogP contribution >= 0.6 is 0 Å². The van der Waals surface area contributed by atoms with E-state index in [9.17, 15) is 30.7 Å². The van der Waals surface area contributed by atoms with Gasteiger partial charge < -0.3 is 4.74 Å². The van der Waals surface area contributed by atoms with Crippen molar-refractivity contribution in [2.75, 3.05) is 0 Å². The molecule has 0 heterocycles. The standard InChI is InChI=1S/C26H27F7O/c1-2-3-17-6-11-20(12-7-17)21-13-8-18(9-14-21)4-5-19-10-15-23(22(27)16-19)34-26(32,33)24(28)25(29,30)31/h4-7,10-12,15-16,18,21,24H,2-3,8-9,13-14H2,1H3/b5-4+. The van der Waals surface area contributed by atoms with E-state index in [0.717, 1.165) is 50.7 Å². The Morgan fingerprint density at radius 1 is 0.971 bits per heavy atom. The monoisotopic (exact) mass is 488 g/mol. The number of aryl methyl sites for hydroxylation is 1. The zero-order valence-corrected chi connectivity index (χ0v) is 18.7. The van der Waals surface area contributed by atoms with Crippen LogP contribution < -0.4 is 4.74 Å². The Morgan fingerprint density at radius 2 is 1.62 bits per heavy atom. The maximum atomic E-state index is 14.1. The summed E-state index contributed by atoms with van der Waals surface area (Å²) in [6, 6.07) is 11.6. The number of hydrogen-bond donors (Lipinski definition) is 0. The number of ether oxygens (including phenoxy) is 1. The molecule has 1 nitrogen and oxygen atoms in total. The lowest BCUT2D eigenvalue weighted by Crippen LogP contribution is -2.45. The number of alkyl halides is 6. The van der Waals surface area contributed by atoms with Crippen LogP contribution in [0.5, 0.6) is 5.75 Å². The molecule has 34 heavy (non-hydrogen) atoms. The first kappa shape index (κ1) is 26.1. The van der Waals surface area contributed by atoms with Gasteiger partial charge in [-0.25, -0.2) is 8.78 Å². The molecule has 1 aliphatic carbocycles. The van der Waals surface area contributed by atoms with Crippen LogP contribution in [0.1, 0.15) is 61.6 Å². The van der Waals surface area contributed by atoms with Crippen LogP contribution in [0.25, 0.3) is 6.08 Å². The Labute approximate surface area is 194 Å². The first-order chi connectivity index (χ1) is 16.0. The predicted octanol–water partition coefficient (Wildman–Crippen LogP) is 8.64. The van der Waals surface area contributed by atoms with Gasteiger partial charge in [0, 0.05) is 0 Å². The highest BCUT2D eigenvalue weighted by atomic mass is 19.4. The van der Waals surface area contributed by atoms with Crippen molar-refractivity contribution >= 4 is 6.08 Å². The Morgan fingerprint density at radius 3 is 2.18 bits per heavy atom. The molecule has 0 bridgehead atoms. The van der Waals surface area contributed by atoms with Crippen LogP contribution in [-0.4, -0.2) is 18.5 Å². The zero-order valence-electron chi connectivity index (χ0n) is 18.7. The molecule has 1 saturated carbocycles. The maximum Gasteiger partial charge on any atom is 0.439 e. The van der Waals surface area contributed by atoms with Gasteiger partial charge >= 0.3 is 12.3 Å². The topological polar surface area (TPSA) is 9.23 Å². The fourth-order valence-electron chi connectivity index (χ4n) is 4.23. The third kappa shape index (κ3) is 6.76. The molecule has 0 radical (unpaired) electrons. The van der Waals surface area contributed by atoms with Crippen molar-refractivity contribution in [3.05, 3.63) is 71.0 Å². The van der Waals surface area contributed by atoms with Crippen molar-refractivity contribution in [3.63, 3.8) is 0 Å². The number of hydrogen-bond acceptors (Lipinski definition) is 1. The third-order valence-corrected chi connectivity index (χ3v) is 6.11. The van der Waals surface area contributed by atoms with E-state index >= 15 is 0 Å². The van der Waals surface area contributed by atoms with Crippen molar-refractivity contribution in [1.82, 2.24) is 0 Å². The first-order valence-corrected chi connectivity index (χ1v) is 11.3. The summed E-state index contributed by atoms with van der Waals surface area (Å²) < 4.78 is 94.2. The SMILES string of the molecule is CCCc1ccc(C2CCC(/C=C/c3ccc(OC(F)(F)C(F)C(F)(F)F)c(F)c3)CC2)cc1. The summed E-state index contributed by atoms with van der Waals surface area (Å²) in [6.07, 6.45) is -5.98. The van der Waals surface area contributed by atoms with Gasteiger partial charge in [-0.05, 0) is 72.8 Å². The van der Waals surface area contributed by atoms with Crippen molar-refractivity contribution < 1.29 is 35.5 Å². The van der Waals surface area contributed by atoms with Gasteiger partial charge in [-0.15, -0.1) is 0 Å². The lowest BCUT2D eigenvalue weighted by atomic mass is 9.78. The summed E-state index contributed by atoms with van der Waals surface area (Å²) in [5.41, 5.74) is 3.01. The van der Waals surface area contributed by atoms with Crippen LogP contribution in [0.4, 0.5) is 30.7 Å². The number of rotatable bonds is 8. The van der Waals surface area contributed by atoms with E-state index in [1.165, 1.54) is 17.2 Å². The minimum Gasteiger partial charge on any atom is -0.427 e. The summed E-state index contributed by atoms with van der Waals surface area (Å²) in [6.45, 7) is 2.15. The lowest BCUT2D eigenvalue weighted by molar-refractivity contribution is -0.305. The highest BCUT2D eigenvalue weighted by Crippen LogP contribution is 2.38. The smallest absolute Gasteiger partial charge is 0.427 e. The Balaban J connectivity index is 1.56. The minimum atomic E-state index is -5.83. The lowest BCUT2D eigenvalue weighted by Gasteiger charge is -2.27. The van der Waals surface area contributed by atoms with Crippen LogP contribution in [0.3, 0.4) is 0 Å². The highest BCUT2D eigenvalue weighted by Gasteiger charge is 2.59. The van der Waals surface area contributed by atoms with E-state index in [0.29, 0.717) is 11.5 Å².